The summed E-state index contributed by atoms with van der Waals surface area (Å²) >= 11 is 0. The summed E-state index contributed by atoms with van der Waals surface area (Å²) in [5, 5.41) is 0. The van der Waals surface area contributed by atoms with Crippen molar-refractivity contribution >= 4 is 5.78 Å². The topological polar surface area (TPSA) is 35.5 Å². The number of carbonyl (C=O) groups excluding carboxylic acids is 1. The Balaban J connectivity index is 4.66. The van der Waals surface area contributed by atoms with Gasteiger partial charge in [-0.1, -0.05) is 34.6 Å². The fraction of sp³-hybridized carbons (Fsp3) is 0.947. The predicted octanol–water partition coefficient (Wildman–Crippen LogP) is 5.16. The Labute approximate surface area is 138 Å². The van der Waals surface area contributed by atoms with Gasteiger partial charge >= 0.3 is 0 Å². The lowest BCUT2D eigenvalue weighted by Gasteiger charge is -2.44. The second kappa shape index (κ2) is 7.44. The first kappa shape index (κ1) is 21.6. The van der Waals surface area contributed by atoms with Gasteiger partial charge in [-0.3, -0.25) is 4.79 Å². The molecule has 22 heavy (non-hydrogen) atoms. The monoisotopic (exact) mass is 314 g/mol. The molecule has 0 radical (unpaired) electrons. The molecule has 0 aliphatic carbocycles. The third kappa shape index (κ3) is 6.00. The standard InChI is InChI=1S/C19H38O3/c1-11-15(20)19(10,12-2)21-14-13-17(6,7)22-18(8,9)16(3,4)5/h11-14H2,1-10H3. The molecule has 1 atom stereocenters. The molecule has 0 rings (SSSR count). The molecule has 0 aliphatic rings. The van der Waals surface area contributed by atoms with E-state index >= 15 is 0 Å². The SMILES string of the molecule is CCC(=O)C(C)(CC)OCCC(C)(C)OC(C)(C)C(C)(C)C. The van der Waals surface area contributed by atoms with Crippen molar-refractivity contribution in [3.05, 3.63) is 0 Å². The molecule has 3 heteroatoms. The summed E-state index contributed by atoms with van der Waals surface area (Å²) in [5.74, 6) is 0.170. The van der Waals surface area contributed by atoms with Crippen LogP contribution in [0.4, 0.5) is 0 Å². The van der Waals surface area contributed by atoms with Crippen molar-refractivity contribution in [2.75, 3.05) is 6.61 Å². The van der Waals surface area contributed by atoms with E-state index in [1.165, 1.54) is 0 Å². The smallest absolute Gasteiger partial charge is 0.164 e. The minimum absolute atomic E-state index is 0.0568. The number of ether oxygens (including phenoxy) is 2. The summed E-state index contributed by atoms with van der Waals surface area (Å²) in [6, 6.07) is 0. The Hall–Kier alpha value is -0.410. The van der Waals surface area contributed by atoms with Crippen LogP contribution >= 0.6 is 0 Å². The maximum Gasteiger partial charge on any atom is 0.164 e. The van der Waals surface area contributed by atoms with Crippen molar-refractivity contribution in [1.82, 2.24) is 0 Å². The Morgan fingerprint density at radius 3 is 1.77 bits per heavy atom. The second-order valence-corrected chi connectivity index (χ2v) is 8.58. The number of ketones is 1. The van der Waals surface area contributed by atoms with Crippen molar-refractivity contribution in [2.24, 2.45) is 5.41 Å². The lowest BCUT2D eigenvalue weighted by atomic mass is 9.78. The first-order valence-corrected chi connectivity index (χ1v) is 8.58. The zero-order valence-electron chi connectivity index (χ0n) is 16.6. The molecular weight excluding hydrogens is 276 g/mol. The molecule has 0 aromatic carbocycles. The van der Waals surface area contributed by atoms with Crippen molar-refractivity contribution in [3.63, 3.8) is 0 Å². The van der Waals surface area contributed by atoms with Gasteiger partial charge in [0.2, 0.25) is 0 Å². The van der Waals surface area contributed by atoms with E-state index < -0.39 is 5.60 Å². The Morgan fingerprint density at radius 2 is 1.41 bits per heavy atom. The highest BCUT2D eigenvalue weighted by Gasteiger charge is 2.39. The van der Waals surface area contributed by atoms with Gasteiger partial charge in [0.05, 0.1) is 17.8 Å². The maximum absolute atomic E-state index is 12.0. The molecule has 0 aromatic heterocycles. The third-order valence-corrected chi connectivity index (χ3v) is 5.05. The fourth-order valence-corrected chi connectivity index (χ4v) is 2.17. The van der Waals surface area contributed by atoms with Crippen LogP contribution in [-0.4, -0.2) is 29.2 Å². The molecule has 0 heterocycles. The van der Waals surface area contributed by atoms with Gasteiger partial charge < -0.3 is 9.47 Å². The quantitative estimate of drug-likeness (QED) is 0.589. The summed E-state index contributed by atoms with van der Waals surface area (Å²) < 4.78 is 12.3. The van der Waals surface area contributed by atoms with Crippen molar-refractivity contribution < 1.29 is 14.3 Å². The summed E-state index contributed by atoms with van der Waals surface area (Å²) in [6.45, 7) is 21.3. The number of rotatable bonds is 9. The first-order valence-electron chi connectivity index (χ1n) is 8.58. The Morgan fingerprint density at radius 1 is 0.909 bits per heavy atom. The van der Waals surface area contributed by atoms with Gasteiger partial charge in [0.1, 0.15) is 5.60 Å². The van der Waals surface area contributed by atoms with Gasteiger partial charge in [0.25, 0.3) is 0 Å². The van der Waals surface area contributed by atoms with E-state index in [4.69, 9.17) is 9.47 Å². The highest BCUT2D eigenvalue weighted by atomic mass is 16.5. The molecule has 132 valence electrons. The van der Waals surface area contributed by atoms with Crippen molar-refractivity contribution in [1.29, 1.82) is 0 Å². The number of hydrogen-bond donors (Lipinski definition) is 0. The molecule has 0 saturated carbocycles. The summed E-state index contributed by atoms with van der Waals surface area (Å²) in [5.41, 5.74) is -1.13. The van der Waals surface area contributed by atoms with Gasteiger partial charge in [0, 0.05) is 6.42 Å². The molecule has 0 saturated heterocycles. The first-order chi connectivity index (χ1) is 9.71. The molecule has 0 spiro atoms. The minimum atomic E-state index is -0.662. The van der Waals surface area contributed by atoms with Crippen LogP contribution in [0.15, 0.2) is 0 Å². The van der Waals surface area contributed by atoms with Crippen LogP contribution in [0.1, 0.15) is 88.5 Å². The van der Waals surface area contributed by atoms with Crippen LogP contribution in [-0.2, 0) is 14.3 Å². The van der Waals surface area contributed by atoms with Crippen molar-refractivity contribution in [2.45, 2.75) is 105 Å². The van der Waals surface area contributed by atoms with E-state index in [0.717, 1.165) is 6.42 Å². The largest absolute Gasteiger partial charge is 0.369 e. The summed E-state index contributed by atoms with van der Waals surface area (Å²) in [6.07, 6.45) is 1.98. The number of hydrogen-bond acceptors (Lipinski definition) is 3. The Bertz CT molecular complexity index is 363. The summed E-state index contributed by atoms with van der Waals surface area (Å²) in [7, 11) is 0. The van der Waals surface area contributed by atoms with Gasteiger partial charge in [0.15, 0.2) is 5.78 Å². The van der Waals surface area contributed by atoms with Gasteiger partial charge in [-0.05, 0) is 52.9 Å². The normalized spacial score (nSPS) is 16.5. The fourth-order valence-electron chi connectivity index (χ4n) is 2.17. The van der Waals surface area contributed by atoms with Gasteiger partial charge in [-0.2, -0.15) is 0 Å². The van der Waals surface area contributed by atoms with E-state index in [0.29, 0.717) is 19.4 Å². The van der Waals surface area contributed by atoms with E-state index in [-0.39, 0.29) is 22.4 Å². The lowest BCUT2D eigenvalue weighted by Crippen LogP contribution is -2.47. The van der Waals surface area contributed by atoms with E-state index in [1.807, 2.05) is 20.8 Å². The van der Waals surface area contributed by atoms with Crippen LogP contribution in [0.25, 0.3) is 0 Å². The molecule has 0 amide bonds. The van der Waals surface area contributed by atoms with E-state index in [1.54, 1.807) is 0 Å². The van der Waals surface area contributed by atoms with Crippen LogP contribution in [0.3, 0.4) is 0 Å². The number of carbonyl (C=O) groups is 1. The molecule has 0 fully saturated rings. The van der Waals surface area contributed by atoms with Crippen LogP contribution < -0.4 is 0 Å². The predicted molar refractivity (Wildman–Crippen MR) is 93.3 cm³/mol. The zero-order valence-corrected chi connectivity index (χ0v) is 16.6. The molecule has 0 bridgehead atoms. The van der Waals surface area contributed by atoms with Crippen LogP contribution in [0, 0.1) is 5.41 Å². The molecule has 3 nitrogen and oxygen atoms in total. The average Bonchev–Trinajstić information content (AvgIpc) is 2.34. The summed E-state index contributed by atoms with van der Waals surface area (Å²) in [4.78, 5) is 12.0. The lowest BCUT2D eigenvalue weighted by molar-refractivity contribution is -0.182. The highest BCUT2D eigenvalue weighted by molar-refractivity contribution is 5.86. The molecule has 0 aromatic rings. The third-order valence-electron chi connectivity index (χ3n) is 5.05. The molecule has 0 N–H and O–H groups in total. The number of Topliss-reactive ketones (excluding diaryl/α,β-unsaturated/α-hetero) is 1. The average molecular weight is 315 g/mol. The van der Waals surface area contributed by atoms with Crippen LogP contribution in [0.5, 0.6) is 0 Å². The Kier molecular flexibility index (Phi) is 7.30. The second-order valence-electron chi connectivity index (χ2n) is 8.58. The van der Waals surface area contributed by atoms with Gasteiger partial charge in [-0.25, -0.2) is 0 Å². The molecule has 0 aliphatic heterocycles. The minimum Gasteiger partial charge on any atom is -0.369 e. The van der Waals surface area contributed by atoms with Gasteiger partial charge in [-0.15, -0.1) is 0 Å². The van der Waals surface area contributed by atoms with E-state index in [9.17, 15) is 4.79 Å². The molecule has 1 unspecified atom stereocenters. The van der Waals surface area contributed by atoms with Crippen LogP contribution in [0.2, 0.25) is 0 Å². The molecular formula is C19H38O3. The highest BCUT2D eigenvalue weighted by Crippen LogP contribution is 2.37. The van der Waals surface area contributed by atoms with E-state index in [2.05, 4.69) is 48.5 Å². The zero-order chi connectivity index (χ0) is 17.8. The maximum atomic E-state index is 12.0. The van der Waals surface area contributed by atoms with Crippen molar-refractivity contribution in [3.8, 4) is 0 Å².